The molecule has 0 bridgehead atoms. The minimum absolute atomic E-state index is 0.0884. The summed E-state index contributed by atoms with van der Waals surface area (Å²) in [6.07, 6.45) is 1.49. The van der Waals surface area contributed by atoms with Crippen molar-refractivity contribution in [1.82, 2.24) is 4.31 Å². The summed E-state index contributed by atoms with van der Waals surface area (Å²) in [6, 6.07) is 11.0. The molecule has 0 fully saturated rings. The SMILES string of the molecule is CCN(CC)S(=O)(=O)c1ccc(NC(=O)CCCN(c2cc(Cl)ccc2C)S(C)(=O)=O)cc1. The molecule has 0 saturated carbocycles. The molecule has 0 saturated heterocycles. The summed E-state index contributed by atoms with van der Waals surface area (Å²) in [6.45, 7) is 6.20. The Balaban J connectivity index is 2.01. The number of nitrogens with zero attached hydrogens (tertiary/aromatic N) is 2. The van der Waals surface area contributed by atoms with Gasteiger partial charge in [0.15, 0.2) is 0 Å². The van der Waals surface area contributed by atoms with Crippen LogP contribution in [0.3, 0.4) is 0 Å². The zero-order chi connectivity index (χ0) is 24.8. The average Bonchev–Trinajstić information content (AvgIpc) is 2.73. The quantitative estimate of drug-likeness (QED) is 0.489. The molecule has 1 amide bonds. The Morgan fingerprint density at radius 3 is 2.15 bits per heavy atom. The van der Waals surface area contributed by atoms with E-state index in [0.717, 1.165) is 11.8 Å². The number of amides is 1. The van der Waals surface area contributed by atoms with Gasteiger partial charge in [0.25, 0.3) is 0 Å². The third-order valence-corrected chi connectivity index (χ3v) is 8.57. The Morgan fingerprint density at radius 2 is 1.61 bits per heavy atom. The lowest BCUT2D eigenvalue weighted by molar-refractivity contribution is -0.116. The first-order valence-corrected chi connectivity index (χ1v) is 14.2. The predicted molar refractivity (Wildman–Crippen MR) is 133 cm³/mol. The first kappa shape index (κ1) is 27.1. The smallest absolute Gasteiger partial charge is 0.243 e. The lowest BCUT2D eigenvalue weighted by atomic mass is 10.2. The molecule has 8 nitrogen and oxygen atoms in total. The van der Waals surface area contributed by atoms with Gasteiger partial charge < -0.3 is 5.32 Å². The molecule has 0 aliphatic rings. The van der Waals surface area contributed by atoms with Crippen molar-refractivity contribution in [1.29, 1.82) is 0 Å². The minimum Gasteiger partial charge on any atom is -0.326 e. The molecule has 182 valence electrons. The first-order chi connectivity index (χ1) is 15.4. The number of halogens is 1. The molecule has 2 rings (SSSR count). The molecule has 1 N–H and O–H groups in total. The summed E-state index contributed by atoms with van der Waals surface area (Å²) in [5, 5.41) is 3.14. The highest BCUT2D eigenvalue weighted by atomic mass is 35.5. The van der Waals surface area contributed by atoms with Crippen LogP contribution in [-0.4, -0.2) is 52.9 Å². The minimum atomic E-state index is -3.57. The highest BCUT2D eigenvalue weighted by Crippen LogP contribution is 2.26. The lowest BCUT2D eigenvalue weighted by Gasteiger charge is -2.24. The maximum atomic E-state index is 12.6. The number of hydrogen-bond acceptors (Lipinski definition) is 5. The van der Waals surface area contributed by atoms with Gasteiger partial charge in [0, 0.05) is 36.8 Å². The molecule has 0 atom stereocenters. The van der Waals surface area contributed by atoms with Gasteiger partial charge in [0.2, 0.25) is 26.0 Å². The van der Waals surface area contributed by atoms with E-state index in [1.165, 1.54) is 32.9 Å². The summed E-state index contributed by atoms with van der Waals surface area (Å²) in [5.74, 6) is -0.300. The zero-order valence-corrected chi connectivity index (χ0v) is 21.6. The fourth-order valence-corrected chi connectivity index (χ4v) is 5.98. The van der Waals surface area contributed by atoms with Crippen LogP contribution in [0.4, 0.5) is 11.4 Å². The van der Waals surface area contributed by atoms with E-state index in [0.29, 0.717) is 35.9 Å². The average molecular weight is 516 g/mol. The van der Waals surface area contributed by atoms with Crippen LogP contribution < -0.4 is 9.62 Å². The molecule has 2 aromatic carbocycles. The van der Waals surface area contributed by atoms with E-state index in [2.05, 4.69) is 5.32 Å². The van der Waals surface area contributed by atoms with Gasteiger partial charge in [-0.3, -0.25) is 9.10 Å². The number of rotatable bonds is 11. The number of nitrogens with one attached hydrogen (secondary N) is 1. The molecule has 11 heteroatoms. The van der Waals surface area contributed by atoms with Crippen LogP contribution in [0.5, 0.6) is 0 Å². The van der Waals surface area contributed by atoms with Crippen LogP contribution in [0.25, 0.3) is 0 Å². The van der Waals surface area contributed by atoms with Crippen LogP contribution in [0.15, 0.2) is 47.4 Å². The van der Waals surface area contributed by atoms with Gasteiger partial charge in [-0.2, -0.15) is 4.31 Å². The summed E-state index contributed by atoms with van der Waals surface area (Å²) < 4.78 is 52.3. The number of carbonyl (C=O) groups excluding carboxylic acids is 1. The van der Waals surface area contributed by atoms with E-state index >= 15 is 0 Å². The molecule has 0 aliphatic heterocycles. The number of sulfonamides is 2. The molecule has 0 unspecified atom stereocenters. The third kappa shape index (κ3) is 7.17. The second-order valence-electron chi connectivity index (χ2n) is 7.53. The zero-order valence-electron chi connectivity index (χ0n) is 19.2. The maximum Gasteiger partial charge on any atom is 0.243 e. The molecule has 33 heavy (non-hydrogen) atoms. The van der Waals surface area contributed by atoms with Gasteiger partial charge in [-0.05, 0) is 55.3 Å². The van der Waals surface area contributed by atoms with Crippen molar-refractivity contribution < 1.29 is 21.6 Å². The second kappa shape index (κ2) is 11.3. The monoisotopic (exact) mass is 515 g/mol. The van der Waals surface area contributed by atoms with Crippen molar-refractivity contribution in [2.45, 2.75) is 38.5 Å². The summed E-state index contributed by atoms with van der Waals surface area (Å²) >= 11 is 6.03. The summed E-state index contributed by atoms with van der Waals surface area (Å²) in [7, 11) is -7.13. The van der Waals surface area contributed by atoms with Crippen LogP contribution in [0, 0.1) is 6.92 Å². The molecule has 0 radical (unpaired) electrons. The van der Waals surface area contributed by atoms with Gasteiger partial charge in [0.05, 0.1) is 16.8 Å². The van der Waals surface area contributed by atoms with E-state index in [1.54, 1.807) is 39.0 Å². The van der Waals surface area contributed by atoms with E-state index < -0.39 is 20.0 Å². The second-order valence-corrected chi connectivity index (χ2v) is 11.8. The molecule has 0 heterocycles. The summed E-state index contributed by atoms with van der Waals surface area (Å²) in [4.78, 5) is 12.5. The maximum absolute atomic E-state index is 12.6. The highest BCUT2D eigenvalue weighted by molar-refractivity contribution is 7.92. The standard InChI is InChI=1S/C22H30ClN3O5S2/c1-5-25(6-2)33(30,31)20-13-11-19(12-14-20)24-22(27)8-7-15-26(32(4,28)29)21-16-18(23)10-9-17(21)3/h9-14,16H,5-8,15H2,1-4H3,(H,24,27). The number of hydrogen-bond donors (Lipinski definition) is 1. The largest absolute Gasteiger partial charge is 0.326 e. The van der Waals surface area contributed by atoms with Gasteiger partial charge in [-0.25, -0.2) is 16.8 Å². The lowest BCUT2D eigenvalue weighted by Crippen LogP contribution is -2.32. The van der Waals surface area contributed by atoms with Crippen molar-refractivity contribution in [3.8, 4) is 0 Å². The molecular weight excluding hydrogens is 486 g/mol. The normalized spacial score (nSPS) is 12.1. The first-order valence-electron chi connectivity index (χ1n) is 10.5. The van der Waals surface area contributed by atoms with E-state index in [9.17, 15) is 21.6 Å². The topological polar surface area (TPSA) is 104 Å². The van der Waals surface area contributed by atoms with Crippen LogP contribution >= 0.6 is 11.6 Å². The van der Waals surface area contributed by atoms with Gasteiger partial charge in [0.1, 0.15) is 0 Å². The predicted octanol–water partition coefficient (Wildman–Crippen LogP) is 3.86. The fourth-order valence-electron chi connectivity index (χ4n) is 3.35. The van der Waals surface area contributed by atoms with Crippen molar-refractivity contribution in [2.24, 2.45) is 0 Å². The molecular formula is C22H30ClN3O5S2. The van der Waals surface area contributed by atoms with Crippen molar-refractivity contribution in [3.63, 3.8) is 0 Å². The van der Waals surface area contributed by atoms with E-state index in [1.807, 2.05) is 0 Å². The molecule has 0 aromatic heterocycles. The Morgan fingerprint density at radius 1 is 1.00 bits per heavy atom. The van der Waals surface area contributed by atoms with Crippen LogP contribution in [-0.2, 0) is 24.8 Å². The van der Waals surface area contributed by atoms with Crippen LogP contribution in [0.1, 0.15) is 32.3 Å². The number of benzene rings is 2. The molecule has 2 aromatic rings. The van der Waals surface area contributed by atoms with Gasteiger partial charge in [-0.1, -0.05) is 31.5 Å². The van der Waals surface area contributed by atoms with Crippen LogP contribution in [0.2, 0.25) is 5.02 Å². The molecule has 0 spiro atoms. The van der Waals surface area contributed by atoms with Crippen molar-refractivity contribution in [2.75, 3.05) is 35.5 Å². The Kier molecular flexibility index (Phi) is 9.30. The van der Waals surface area contributed by atoms with Gasteiger partial charge in [-0.15, -0.1) is 0 Å². The fraction of sp³-hybridized carbons (Fsp3) is 0.409. The molecule has 0 aliphatic carbocycles. The van der Waals surface area contributed by atoms with Gasteiger partial charge >= 0.3 is 0 Å². The Labute approximate surface area is 201 Å². The van der Waals surface area contributed by atoms with Crippen molar-refractivity contribution >= 4 is 48.9 Å². The number of anilines is 2. The summed E-state index contributed by atoms with van der Waals surface area (Å²) in [5.41, 5.74) is 1.70. The van der Waals surface area contributed by atoms with E-state index in [4.69, 9.17) is 11.6 Å². The number of aryl methyl sites for hydroxylation is 1. The van der Waals surface area contributed by atoms with Crippen molar-refractivity contribution in [3.05, 3.63) is 53.1 Å². The third-order valence-electron chi connectivity index (χ3n) is 5.09. The number of carbonyl (C=O) groups is 1. The Bertz CT molecular complexity index is 1180. The highest BCUT2D eigenvalue weighted by Gasteiger charge is 2.22. The Hall–Kier alpha value is -2.14. The van der Waals surface area contributed by atoms with E-state index in [-0.39, 0.29) is 23.8 Å².